The van der Waals surface area contributed by atoms with Crippen molar-refractivity contribution >= 4 is 22.4 Å². The van der Waals surface area contributed by atoms with Crippen molar-refractivity contribution in [3.8, 4) is 11.8 Å². The van der Waals surface area contributed by atoms with Crippen molar-refractivity contribution in [1.82, 2.24) is 9.97 Å². The number of anilines is 1. The summed E-state index contributed by atoms with van der Waals surface area (Å²) in [5.41, 5.74) is 6.95. The first-order valence-electron chi connectivity index (χ1n) is 5.32. The SMILES string of the molecule is COc1nc2cc([N+](=O)[O-])c(C)c(N)c2nc1OC. The number of ether oxygens (including phenoxy) is 2. The Labute approximate surface area is 108 Å². The number of nitrogens with zero attached hydrogens (tertiary/aromatic N) is 3. The van der Waals surface area contributed by atoms with Gasteiger partial charge in [0, 0.05) is 6.07 Å². The highest BCUT2D eigenvalue weighted by Gasteiger charge is 2.20. The van der Waals surface area contributed by atoms with Crippen LogP contribution >= 0.6 is 0 Å². The number of nitrogens with two attached hydrogens (primary N) is 1. The van der Waals surface area contributed by atoms with Crippen LogP contribution in [0.5, 0.6) is 11.8 Å². The van der Waals surface area contributed by atoms with E-state index in [0.29, 0.717) is 11.1 Å². The molecule has 1 aromatic carbocycles. The highest BCUT2D eigenvalue weighted by Crippen LogP contribution is 2.34. The minimum atomic E-state index is -0.510. The molecule has 0 saturated heterocycles. The van der Waals surface area contributed by atoms with Crippen molar-refractivity contribution in [3.05, 3.63) is 21.7 Å². The number of nitro groups is 1. The van der Waals surface area contributed by atoms with Crippen LogP contribution in [0.15, 0.2) is 6.07 Å². The monoisotopic (exact) mass is 264 g/mol. The molecule has 100 valence electrons. The molecular weight excluding hydrogens is 252 g/mol. The smallest absolute Gasteiger partial charge is 0.278 e. The van der Waals surface area contributed by atoms with Crippen LogP contribution in [0.4, 0.5) is 11.4 Å². The van der Waals surface area contributed by atoms with E-state index in [2.05, 4.69) is 9.97 Å². The largest absolute Gasteiger partial charge is 0.477 e. The van der Waals surface area contributed by atoms with Crippen molar-refractivity contribution in [1.29, 1.82) is 0 Å². The zero-order valence-corrected chi connectivity index (χ0v) is 10.6. The van der Waals surface area contributed by atoms with Gasteiger partial charge in [-0.3, -0.25) is 10.1 Å². The van der Waals surface area contributed by atoms with E-state index in [4.69, 9.17) is 15.2 Å². The molecule has 0 spiro atoms. The topological polar surface area (TPSA) is 113 Å². The molecule has 0 amide bonds. The van der Waals surface area contributed by atoms with E-state index >= 15 is 0 Å². The Morgan fingerprint density at radius 3 is 2.37 bits per heavy atom. The molecule has 0 bridgehead atoms. The number of methoxy groups -OCH3 is 2. The van der Waals surface area contributed by atoms with Crippen LogP contribution in [0.2, 0.25) is 0 Å². The molecule has 2 aromatic rings. The van der Waals surface area contributed by atoms with Gasteiger partial charge in [0.25, 0.3) is 17.4 Å². The summed E-state index contributed by atoms with van der Waals surface area (Å²) in [6, 6.07) is 1.32. The van der Waals surface area contributed by atoms with Crippen LogP contribution in [0.25, 0.3) is 11.0 Å². The van der Waals surface area contributed by atoms with E-state index in [-0.39, 0.29) is 28.7 Å². The molecule has 0 aliphatic carbocycles. The fraction of sp³-hybridized carbons (Fsp3) is 0.273. The number of benzene rings is 1. The predicted octanol–water partition coefficient (Wildman–Crippen LogP) is 1.45. The molecule has 0 atom stereocenters. The van der Waals surface area contributed by atoms with Gasteiger partial charge in [-0.05, 0) is 6.92 Å². The Balaban J connectivity index is 2.85. The van der Waals surface area contributed by atoms with Gasteiger partial charge in [0.05, 0.1) is 30.4 Å². The van der Waals surface area contributed by atoms with E-state index < -0.39 is 4.92 Å². The van der Waals surface area contributed by atoms with Gasteiger partial charge in [0.15, 0.2) is 0 Å². The molecule has 19 heavy (non-hydrogen) atoms. The maximum atomic E-state index is 10.9. The maximum Gasteiger partial charge on any atom is 0.278 e. The van der Waals surface area contributed by atoms with Crippen molar-refractivity contribution < 1.29 is 14.4 Å². The molecule has 8 heteroatoms. The molecule has 8 nitrogen and oxygen atoms in total. The van der Waals surface area contributed by atoms with Crippen molar-refractivity contribution in [2.24, 2.45) is 0 Å². The second-order valence-electron chi connectivity index (χ2n) is 3.80. The van der Waals surface area contributed by atoms with Gasteiger partial charge in [0.1, 0.15) is 11.0 Å². The molecule has 1 heterocycles. The number of nitro benzene ring substituents is 1. The molecule has 0 saturated carbocycles. The average Bonchev–Trinajstić information content (AvgIpc) is 2.41. The first-order chi connectivity index (χ1) is 8.99. The fourth-order valence-corrected chi connectivity index (χ4v) is 1.72. The van der Waals surface area contributed by atoms with Crippen LogP contribution in [-0.4, -0.2) is 29.1 Å². The Morgan fingerprint density at radius 2 is 1.84 bits per heavy atom. The fourth-order valence-electron chi connectivity index (χ4n) is 1.72. The van der Waals surface area contributed by atoms with Gasteiger partial charge < -0.3 is 15.2 Å². The Morgan fingerprint density at radius 1 is 1.26 bits per heavy atom. The molecule has 0 aliphatic heterocycles. The molecular formula is C11H12N4O4. The lowest BCUT2D eigenvalue weighted by molar-refractivity contribution is -0.385. The highest BCUT2D eigenvalue weighted by atomic mass is 16.6. The van der Waals surface area contributed by atoms with E-state index in [0.717, 1.165) is 0 Å². The summed E-state index contributed by atoms with van der Waals surface area (Å²) < 4.78 is 10.0. The van der Waals surface area contributed by atoms with Gasteiger partial charge >= 0.3 is 0 Å². The van der Waals surface area contributed by atoms with Crippen LogP contribution in [-0.2, 0) is 0 Å². The summed E-state index contributed by atoms with van der Waals surface area (Å²) in [4.78, 5) is 18.7. The lowest BCUT2D eigenvalue weighted by Gasteiger charge is -2.09. The Kier molecular flexibility index (Phi) is 3.07. The van der Waals surface area contributed by atoms with E-state index in [1.807, 2.05) is 0 Å². The quantitative estimate of drug-likeness (QED) is 0.507. The summed E-state index contributed by atoms with van der Waals surface area (Å²) in [7, 11) is 2.83. The first-order valence-corrected chi connectivity index (χ1v) is 5.32. The van der Waals surface area contributed by atoms with Crippen LogP contribution in [0.1, 0.15) is 5.56 Å². The lowest BCUT2D eigenvalue weighted by atomic mass is 10.1. The maximum absolute atomic E-state index is 10.9. The van der Waals surface area contributed by atoms with Gasteiger partial charge in [-0.15, -0.1) is 0 Å². The van der Waals surface area contributed by atoms with Crippen molar-refractivity contribution in [3.63, 3.8) is 0 Å². The molecule has 1 aromatic heterocycles. The zero-order chi connectivity index (χ0) is 14.2. The minimum absolute atomic E-state index is 0.105. The number of fused-ring (bicyclic) bond motifs is 1. The average molecular weight is 264 g/mol. The molecule has 2 rings (SSSR count). The second-order valence-corrected chi connectivity index (χ2v) is 3.80. The zero-order valence-electron chi connectivity index (χ0n) is 10.6. The van der Waals surface area contributed by atoms with Crippen LogP contribution in [0, 0.1) is 17.0 Å². The van der Waals surface area contributed by atoms with E-state index in [1.54, 1.807) is 6.92 Å². The highest BCUT2D eigenvalue weighted by molar-refractivity contribution is 5.92. The van der Waals surface area contributed by atoms with E-state index in [1.165, 1.54) is 20.3 Å². The number of hydrogen-bond acceptors (Lipinski definition) is 7. The molecule has 0 aliphatic rings. The van der Waals surface area contributed by atoms with Gasteiger partial charge in [0.2, 0.25) is 0 Å². The number of rotatable bonds is 3. The first kappa shape index (κ1) is 12.8. The number of aromatic nitrogens is 2. The third-order valence-electron chi connectivity index (χ3n) is 2.76. The summed E-state index contributed by atoms with van der Waals surface area (Å²) in [6.45, 7) is 1.56. The standard InChI is InChI=1S/C11H12N4O4/c1-5-7(15(16)17)4-6-9(8(5)12)14-11(19-3)10(13-6)18-2/h4H,12H2,1-3H3. The molecule has 0 radical (unpaired) electrons. The van der Waals surface area contributed by atoms with Crippen LogP contribution in [0.3, 0.4) is 0 Å². The number of nitrogen functional groups attached to an aromatic ring is 1. The lowest BCUT2D eigenvalue weighted by Crippen LogP contribution is -2.03. The van der Waals surface area contributed by atoms with Crippen molar-refractivity contribution in [2.45, 2.75) is 6.92 Å². The van der Waals surface area contributed by atoms with Gasteiger partial charge in [-0.2, -0.15) is 0 Å². The third-order valence-corrected chi connectivity index (χ3v) is 2.76. The van der Waals surface area contributed by atoms with Crippen LogP contribution < -0.4 is 15.2 Å². The Hall–Kier alpha value is -2.64. The van der Waals surface area contributed by atoms with E-state index in [9.17, 15) is 10.1 Å². The second kappa shape index (κ2) is 4.56. The molecule has 0 fully saturated rings. The Bertz CT molecular complexity index is 672. The predicted molar refractivity (Wildman–Crippen MR) is 68.4 cm³/mol. The van der Waals surface area contributed by atoms with Gasteiger partial charge in [-0.1, -0.05) is 0 Å². The summed E-state index contributed by atoms with van der Waals surface area (Å²) in [5.74, 6) is 0.322. The third kappa shape index (κ3) is 1.96. The molecule has 0 unspecified atom stereocenters. The van der Waals surface area contributed by atoms with Gasteiger partial charge in [-0.25, -0.2) is 9.97 Å². The number of hydrogen-bond donors (Lipinski definition) is 1. The minimum Gasteiger partial charge on any atom is -0.477 e. The normalized spacial score (nSPS) is 10.5. The molecule has 2 N–H and O–H groups in total. The van der Waals surface area contributed by atoms with Crippen molar-refractivity contribution in [2.75, 3.05) is 20.0 Å². The summed E-state index contributed by atoms with van der Waals surface area (Å²) >= 11 is 0. The summed E-state index contributed by atoms with van der Waals surface area (Å²) in [6.07, 6.45) is 0. The summed E-state index contributed by atoms with van der Waals surface area (Å²) in [5, 5.41) is 10.9.